The molecule has 1 rings (SSSR count). The third-order valence-corrected chi connectivity index (χ3v) is 3.59. The molecule has 0 amide bonds. The molecule has 1 fully saturated rings. The zero-order chi connectivity index (χ0) is 12.0. The lowest BCUT2D eigenvalue weighted by atomic mass is 10.1. The molecule has 1 saturated heterocycles. The quantitative estimate of drug-likeness (QED) is 0.831. The highest BCUT2D eigenvalue weighted by Crippen LogP contribution is 2.30. The first-order chi connectivity index (χ1) is 7.49. The maximum absolute atomic E-state index is 11.9. The summed E-state index contributed by atoms with van der Waals surface area (Å²) in [7, 11) is 1.92. The van der Waals surface area contributed by atoms with Crippen molar-refractivity contribution in [1.82, 2.24) is 10.2 Å². The van der Waals surface area contributed by atoms with E-state index in [4.69, 9.17) is 0 Å². The molecule has 0 saturated carbocycles. The molecule has 6 heteroatoms. The highest BCUT2D eigenvalue weighted by molar-refractivity contribution is 8.00. The number of nitrogens with one attached hydrogen (secondary N) is 1. The maximum Gasteiger partial charge on any atom is 0.441 e. The number of alkyl halides is 3. The van der Waals surface area contributed by atoms with E-state index in [0.29, 0.717) is 12.6 Å². The Bertz CT molecular complexity index is 191. The van der Waals surface area contributed by atoms with Crippen LogP contribution in [0.15, 0.2) is 0 Å². The summed E-state index contributed by atoms with van der Waals surface area (Å²) in [4.78, 5) is 2.06. The largest absolute Gasteiger partial charge is 0.441 e. The fourth-order valence-electron chi connectivity index (χ4n) is 1.93. The van der Waals surface area contributed by atoms with Crippen LogP contribution in [0, 0.1) is 0 Å². The molecule has 1 unspecified atom stereocenters. The van der Waals surface area contributed by atoms with Gasteiger partial charge < -0.3 is 10.2 Å². The van der Waals surface area contributed by atoms with Crippen LogP contribution in [0.5, 0.6) is 0 Å². The van der Waals surface area contributed by atoms with Gasteiger partial charge in [-0.3, -0.25) is 0 Å². The lowest BCUT2D eigenvalue weighted by molar-refractivity contribution is -0.0329. The van der Waals surface area contributed by atoms with Crippen molar-refractivity contribution in [3.8, 4) is 0 Å². The van der Waals surface area contributed by atoms with Crippen molar-refractivity contribution in [2.45, 2.75) is 30.8 Å². The summed E-state index contributed by atoms with van der Waals surface area (Å²) < 4.78 is 35.8. The molecular formula is C10H19F3N2S. The van der Waals surface area contributed by atoms with E-state index < -0.39 is 5.51 Å². The summed E-state index contributed by atoms with van der Waals surface area (Å²) in [6.45, 7) is 2.51. The zero-order valence-corrected chi connectivity index (χ0v) is 10.3. The minimum atomic E-state index is -4.09. The Labute approximate surface area is 98.9 Å². The van der Waals surface area contributed by atoms with Crippen molar-refractivity contribution in [1.29, 1.82) is 0 Å². The van der Waals surface area contributed by atoms with E-state index in [1.165, 1.54) is 0 Å². The average molecular weight is 256 g/mol. The van der Waals surface area contributed by atoms with Crippen molar-refractivity contribution in [2.75, 3.05) is 32.4 Å². The van der Waals surface area contributed by atoms with Gasteiger partial charge in [0.15, 0.2) is 0 Å². The van der Waals surface area contributed by atoms with Crippen LogP contribution < -0.4 is 5.32 Å². The van der Waals surface area contributed by atoms with Crippen molar-refractivity contribution >= 4 is 11.8 Å². The minimum absolute atomic E-state index is 0.0738. The highest BCUT2D eigenvalue weighted by atomic mass is 32.2. The molecular weight excluding hydrogens is 237 g/mol. The second kappa shape index (κ2) is 6.71. The van der Waals surface area contributed by atoms with Gasteiger partial charge in [0.2, 0.25) is 0 Å². The van der Waals surface area contributed by atoms with Gasteiger partial charge in [0.05, 0.1) is 0 Å². The SMILES string of the molecule is CN(CCSC(F)(F)F)C1CCCNCC1. The summed E-state index contributed by atoms with van der Waals surface area (Å²) in [6, 6.07) is 0.434. The molecule has 0 bridgehead atoms. The molecule has 1 N–H and O–H groups in total. The topological polar surface area (TPSA) is 15.3 Å². The minimum Gasteiger partial charge on any atom is -0.317 e. The van der Waals surface area contributed by atoms with E-state index in [2.05, 4.69) is 10.2 Å². The predicted molar refractivity (Wildman–Crippen MR) is 61.7 cm³/mol. The standard InChI is InChI=1S/C10H19F3N2S/c1-15(7-8-16-10(11,12)13)9-3-2-5-14-6-4-9/h9,14H,2-8H2,1H3. The molecule has 2 nitrogen and oxygen atoms in total. The number of hydrogen-bond acceptors (Lipinski definition) is 3. The second-order valence-corrected chi connectivity index (χ2v) is 5.27. The molecule has 0 aromatic heterocycles. The molecule has 1 heterocycles. The van der Waals surface area contributed by atoms with Gasteiger partial charge in [0.1, 0.15) is 0 Å². The number of nitrogens with zero attached hydrogens (tertiary/aromatic N) is 1. The summed E-state index contributed by atoms with van der Waals surface area (Å²) in [5.41, 5.74) is -4.09. The van der Waals surface area contributed by atoms with Crippen LogP contribution in [0.25, 0.3) is 0 Å². The van der Waals surface area contributed by atoms with E-state index in [-0.39, 0.29) is 17.5 Å². The molecule has 1 aliphatic heterocycles. The lowest BCUT2D eigenvalue weighted by Crippen LogP contribution is -2.34. The Hall–Kier alpha value is 0.0600. The van der Waals surface area contributed by atoms with E-state index in [1.54, 1.807) is 0 Å². The highest BCUT2D eigenvalue weighted by Gasteiger charge is 2.28. The third-order valence-electron chi connectivity index (χ3n) is 2.88. The molecule has 96 valence electrons. The summed E-state index contributed by atoms with van der Waals surface area (Å²) in [5, 5.41) is 3.30. The number of rotatable bonds is 4. The summed E-state index contributed by atoms with van der Waals surface area (Å²) in [6.07, 6.45) is 3.23. The smallest absolute Gasteiger partial charge is 0.317 e. The van der Waals surface area contributed by atoms with Crippen LogP contribution in [-0.4, -0.2) is 48.9 Å². The number of thioether (sulfide) groups is 1. The molecule has 0 aromatic rings. The fourth-order valence-corrected chi connectivity index (χ4v) is 2.54. The van der Waals surface area contributed by atoms with Gasteiger partial charge in [-0.1, -0.05) is 0 Å². The fraction of sp³-hybridized carbons (Fsp3) is 1.00. The van der Waals surface area contributed by atoms with Gasteiger partial charge in [0, 0.05) is 18.3 Å². The molecule has 1 aliphatic rings. The van der Waals surface area contributed by atoms with Gasteiger partial charge in [-0.2, -0.15) is 13.2 Å². The molecule has 0 aliphatic carbocycles. The van der Waals surface area contributed by atoms with Crippen LogP contribution >= 0.6 is 11.8 Å². The first-order valence-electron chi connectivity index (χ1n) is 5.60. The Morgan fingerprint density at radius 3 is 2.75 bits per heavy atom. The number of halogens is 3. The molecule has 0 aromatic carbocycles. The van der Waals surface area contributed by atoms with Crippen molar-refractivity contribution in [3.63, 3.8) is 0 Å². The number of hydrogen-bond donors (Lipinski definition) is 1. The third kappa shape index (κ3) is 5.96. The van der Waals surface area contributed by atoms with Crippen molar-refractivity contribution in [3.05, 3.63) is 0 Å². The maximum atomic E-state index is 11.9. The molecule has 0 spiro atoms. The van der Waals surface area contributed by atoms with Crippen molar-refractivity contribution < 1.29 is 13.2 Å². The van der Waals surface area contributed by atoms with Gasteiger partial charge in [-0.05, 0) is 51.2 Å². The predicted octanol–water partition coefficient (Wildman–Crippen LogP) is 2.31. The van der Waals surface area contributed by atoms with E-state index in [0.717, 1.165) is 32.4 Å². The van der Waals surface area contributed by atoms with Gasteiger partial charge in [-0.15, -0.1) is 0 Å². The first-order valence-corrected chi connectivity index (χ1v) is 6.59. The summed E-state index contributed by atoms with van der Waals surface area (Å²) in [5.74, 6) is 0.129. The van der Waals surface area contributed by atoms with Crippen LogP contribution in [0.1, 0.15) is 19.3 Å². The average Bonchev–Trinajstić information content (AvgIpc) is 2.43. The monoisotopic (exact) mass is 256 g/mol. The van der Waals surface area contributed by atoms with E-state index >= 15 is 0 Å². The molecule has 16 heavy (non-hydrogen) atoms. The Kier molecular flexibility index (Phi) is 5.92. The van der Waals surface area contributed by atoms with Crippen LogP contribution in [-0.2, 0) is 0 Å². The Morgan fingerprint density at radius 1 is 1.31 bits per heavy atom. The van der Waals surface area contributed by atoms with Crippen LogP contribution in [0.2, 0.25) is 0 Å². The molecule has 1 atom stereocenters. The van der Waals surface area contributed by atoms with E-state index in [1.807, 2.05) is 7.05 Å². The zero-order valence-electron chi connectivity index (χ0n) is 9.52. The van der Waals surface area contributed by atoms with Crippen molar-refractivity contribution in [2.24, 2.45) is 0 Å². The first kappa shape index (κ1) is 14.1. The van der Waals surface area contributed by atoms with Gasteiger partial charge in [-0.25, -0.2) is 0 Å². The Morgan fingerprint density at radius 2 is 2.06 bits per heavy atom. The normalized spacial score (nSPS) is 23.4. The Balaban J connectivity index is 2.20. The van der Waals surface area contributed by atoms with E-state index in [9.17, 15) is 13.2 Å². The second-order valence-electron chi connectivity index (χ2n) is 4.11. The van der Waals surface area contributed by atoms with Gasteiger partial charge >= 0.3 is 5.51 Å². The summed E-state index contributed by atoms with van der Waals surface area (Å²) >= 11 is 0.0738. The lowest BCUT2D eigenvalue weighted by Gasteiger charge is -2.26. The molecule has 0 radical (unpaired) electrons. The van der Waals surface area contributed by atoms with Crippen LogP contribution in [0.3, 0.4) is 0 Å². The van der Waals surface area contributed by atoms with Gasteiger partial charge in [0.25, 0.3) is 0 Å². The van der Waals surface area contributed by atoms with Crippen LogP contribution in [0.4, 0.5) is 13.2 Å².